The predicted molar refractivity (Wildman–Crippen MR) is 86.5 cm³/mol. The van der Waals surface area contributed by atoms with Gasteiger partial charge in [0, 0.05) is 11.8 Å². The van der Waals surface area contributed by atoms with Crippen molar-refractivity contribution < 1.29 is 4.39 Å². The van der Waals surface area contributed by atoms with E-state index in [1.165, 1.54) is 35.5 Å². The third-order valence-corrected chi connectivity index (χ3v) is 10.1. The van der Waals surface area contributed by atoms with Crippen molar-refractivity contribution in [3.05, 3.63) is 48.4 Å². The monoisotopic (exact) mass is 287 g/mol. The van der Waals surface area contributed by atoms with E-state index in [-0.39, 0.29) is 5.82 Å². The van der Waals surface area contributed by atoms with E-state index in [1.54, 1.807) is 12.1 Å². The zero-order valence-corrected chi connectivity index (χ0v) is 13.5. The highest BCUT2D eigenvalue weighted by Crippen LogP contribution is 2.21. The maximum atomic E-state index is 12.9. The zero-order valence-electron chi connectivity index (χ0n) is 12.5. The molecule has 0 amide bonds. The van der Waals surface area contributed by atoms with Gasteiger partial charge in [-0.3, -0.25) is 4.98 Å². The van der Waals surface area contributed by atoms with Crippen LogP contribution in [0.15, 0.2) is 42.6 Å². The lowest BCUT2D eigenvalue weighted by molar-refractivity contribution is 0.628. The first kappa shape index (κ1) is 14.9. The Kier molecular flexibility index (Phi) is 4.71. The molecule has 20 heavy (non-hydrogen) atoms. The van der Waals surface area contributed by atoms with Gasteiger partial charge in [0.15, 0.2) is 0 Å². The predicted octanol–water partition coefficient (Wildman–Crippen LogP) is 4.60. The zero-order chi connectivity index (χ0) is 14.6. The second-order valence-corrected chi connectivity index (χ2v) is 10.5. The summed E-state index contributed by atoms with van der Waals surface area (Å²) in [6, 6.07) is 14.6. The van der Waals surface area contributed by atoms with Crippen molar-refractivity contribution in [1.82, 2.24) is 4.98 Å². The SMILES string of the molecule is CC[Si](CC)(CC)c1ccc(-c2ccc(F)cc2)nc1. The molecule has 106 valence electrons. The van der Waals surface area contributed by atoms with Crippen LogP contribution in [0.25, 0.3) is 11.3 Å². The molecule has 0 atom stereocenters. The maximum absolute atomic E-state index is 12.9. The third kappa shape index (κ3) is 2.83. The number of benzene rings is 1. The van der Waals surface area contributed by atoms with Gasteiger partial charge in [-0.25, -0.2) is 4.39 Å². The number of hydrogen-bond donors (Lipinski definition) is 0. The Morgan fingerprint density at radius 2 is 1.50 bits per heavy atom. The van der Waals surface area contributed by atoms with Gasteiger partial charge in [-0.2, -0.15) is 0 Å². The van der Waals surface area contributed by atoms with Crippen LogP contribution in [0.1, 0.15) is 20.8 Å². The molecule has 0 fully saturated rings. The summed E-state index contributed by atoms with van der Waals surface area (Å²) >= 11 is 0. The minimum absolute atomic E-state index is 0.209. The molecule has 1 aromatic heterocycles. The standard InChI is InChI=1S/C17H22FNSi/c1-4-20(5-2,6-3)16-11-12-17(19-13-16)14-7-9-15(18)10-8-14/h7-13H,4-6H2,1-3H3. The summed E-state index contributed by atoms with van der Waals surface area (Å²) in [6.07, 6.45) is 2.04. The van der Waals surface area contributed by atoms with Crippen LogP contribution >= 0.6 is 0 Å². The van der Waals surface area contributed by atoms with Crippen LogP contribution < -0.4 is 5.19 Å². The maximum Gasteiger partial charge on any atom is 0.123 e. The average Bonchev–Trinajstić information content (AvgIpc) is 2.51. The summed E-state index contributed by atoms with van der Waals surface area (Å²) in [4.78, 5) is 4.60. The molecule has 0 bridgehead atoms. The molecule has 0 aliphatic rings. The van der Waals surface area contributed by atoms with Crippen molar-refractivity contribution in [3.63, 3.8) is 0 Å². The van der Waals surface area contributed by atoms with Gasteiger partial charge in [-0.05, 0) is 35.5 Å². The molecule has 0 radical (unpaired) electrons. The largest absolute Gasteiger partial charge is 0.256 e. The molecule has 1 nitrogen and oxygen atoms in total. The highest BCUT2D eigenvalue weighted by Gasteiger charge is 2.29. The van der Waals surface area contributed by atoms with Crippen LogP contribution in [0, 0.1) is 5.82 Å². The summed E-state index contributed by atoms with van der Waals surface area (Å²) in [6.45, 7) is 6.90. The fourth-order valence-corrected chi connectivity index (χ4v) is 6.36. The van der Waals surface area contributed by atoms with Gasteiger partial charge in [0.2, 0.25) is 0 Å². The fraction of sp³-hybridized carbons (Fsp3) is 0.353. The van der Waals surface area contributed by atoms with Crippen LogP contribution in [-0.2, 0) is 0 Å². The summed E-state index contributed by atoms with van der Waals surface area (Å²) < 4.78 is 12.9. The normalized spacial score (nSPS) is 11.6. The molecule has 0 unspecified atom stereocenters. The van der Waals surface area contributed by atoms with Crippen molar-refractivity contribution in [2.45, 2.75) is 38.9 Å². The molecule has 0 saturated heterocycles. The van der Waals surface area contributed by atoms with Gasteiger partial charge in [-0.15, -0.1) is 0 Å². The Hall–Kier alpha value is -1.48. The number of halogens is 1. The lowest BCUT2D eigenvalue weighted by Gasteiger charge is -2.28. The van der Waals surface area contributed by atoms with E-state index >= 15 is 0 Å². The smallest absolute Gasteiger partial charge is 0.123 e. The minimum atomic E-state index is -1.35. The van der Waals surface area contributed by atoms with E-state index in [1.807, 2.05) is 6.20 Å². The fourth-order valence-electron chi connectivity index (χ4n) is 2.86. The topological polar surface area (TPSA) is 12.9 Å². The number of rotatable bonds is 5. The molecule has 1 aromatic carbocycles. The van der Waals surface area contributed by atoms with Crippen molar-refractivity contribution in [2.75, 3.05) is 0 Å². The molecule has 0 N–H and O–H groups in total. The molecule has 2 rings (SSSR count). The van der Waals surface area contributed by atoms with E-state index in [0.717, 1.165) is 11.3 Å². The van der Waals surface area contributed by atoms with Gasteiger partial charge < -0.3 is 0 Å². The Labute approximate surface area is 121 Å². The molecule has 0 spiro atoms. The van der Waals surface area contributed by atoms with Crippen molar-refractivity contribution >= 4 is 13.3 Å². The van der Waals surface area contributed by atoms with Crippen molar-refractivity contribution in [1.29, 1.82) is 0 Å². The van der Waals surface area contributed by atoms with Crippen LogP contribution in [0.5, 0.6) is 0 Å². The highest BCUT2D eigenvalue weighted by molar-refractivity contribution is 6.91. The Balaban J connectivity index is 2.32. The summed E-state index contributed by atoms with van der Waals surface area (Å²) in [5, 5.41) is 1.44. The number of nitrogens with zero attached hydrogens (tertiary/aromatic N) is 1. The number of pyridine rings is 1. The second-order valence-electron chi connectivity index (χ2n) is 5.28. The van der Waals surface area contributed by atoms with Gasteiger partial charge >= 0.3 is 0 Å². The Bertz CT molecular complexity index is 536. The Morgan fingerprint density at radius 1 is 0.900 bits per heavy atom. The van der Waals surface area contributed by atoms with Gasteiger partial charge in [-0.1, -0.05) is 45.0 Å². The molecular formula is C17H22FNSi. The first-order valence-electron chi connectivity index (χ1n) is 7.37. The van der Waals surface area contributed by atoms with Gasteiger partial charge in [0.05, 0.1) is 13.8 Å². The van der Waals surface area contributed by atoms with E-state index in [9.17, 15) is 4.39 Å². The number of hydrogen-bond acceptors (Lipinski definition) is 1. The summed E-state index contributed by atoms with van der Waals surface area (Å²) in [7, 11) is -1.35. The van der Waals surface area contributed by atoms with Gasteiger partial charge in [0.25, 0.3) is 0 Å². The Morgan fingerprint density at radius 3 is 1.95 bits per heavy atom. The van der Waals surface area contributed by atoms with Gasteiger partial charge in [0.1, 0.15) is 5.82 Å². The lowest BCUT2D eigenvalue weighted by atomic mass is 10.1. The van der Waals surface area contributed by atoms with Crippen molar-refractivity contribution in [2.24, 2.45) is 0 Å². The summed E-state index contributed by atoms with van der Waals surface area (Å²) in [5.74, 6) is -0.209. The first-order valence-corrected chi connectivity index (χ1v) is 9.99. The quantitative estimate of drug-likeness (QED) is 0.732. The summed E-state index contributed by atoms with van der Waals surface area (Å²) in [5.41, 5.74) is 1.88. The first-order chi connectivity index (χ1) is 9.65. The molecule has 0 saturated carbocycles. The van der Waals surface area contributed by atoms with Crippen molar-refractivity contribution in [3.8, 4) is 11.3 Å². The molecule has 3 heteroatoms. The molecular weight excluding hydrogens is 265 g/mol. The number of aromatic nitrogens is 1. The molecule has 0 aliphatic heterocycles. The average molecular weight is 287 g/mol. The third-order valence-electron chi connectivity index (χ3n) is 4.55. The van der Waals surface area contributed by atoms with Crippen LogP contribution in [0.2, 0.25) is 18.1 Å². The molecule has 2 aromatic rings. The van der Waals surface area contributed by atoms with Crippen LogP contribution in [0.4, 0.5) is 4.39 Å². The lowest BCUT2D eigenvalue weighted by Crippen LogP contribution is -2.45. The molecule has 0 aliphatic carbocycles. The van der Waals surface area contributed by atoms with E-state index in [2.05, 4.69) is 37.9 Å². The van der Waals surface area contributed by atoms with E-state index in [4.69, 9.17) is 0 Å². The minimum Gasteiger partial charge on any atom is -0.256 e. The second kappa shape index (κ2) is 6.31. The van der Waals surface area contributed by atoms with Crippen LogP contribution in [0.3, 0.4) is 0 Å². The van der Waals surface area contributed by atoms with Crippen LogP contribution in [-0.4, -0.2) is 13.1 Å². The van der Waals surface area contributed by atoms with E-state index < -0.39 is 8.07 Å². The molecule has 1 heterocycles. The van der Waals surface area contributed by atoms with E-state index in [0.29, 0.717) is 0 Å². The highest BCUT2D eigenvalue weighted by atomic mass is 28.3.